The number of aromatic nitrogens is 1. The van der Waals surface area contributed by atoms with E-state index in [9.17, 15) is 28.6 Å². The maximum Gasteiger partial charge on any atom is 0.344 e. The molecule has 2 amide bonds. The third kappa shape index (κ3) is 7.23. The van der Waals surface area contributed by atoms with Gasteiger partial charge in [-0.15, -0.1) is 0 Å². The van der Waals surface area contributed by atoms with E-state index < -0.39 is 41.4 Å². The summed E-state index contributed by atoms with van der Waals surface area (Å²) in [6.45, 7) is 2.21. The Balaban J connectivity index is 1.49. The van der Waals surface area contributed by atoms with Crippen molar-refractivity contribution in [1.82, 2.24) is 14.6 Å². The standard InChI is InChI=1S/C21H25ClF2N4O5S/c22-12-8-15(23)14(16(24)9-12)11-33-18-17(20(30)31)19(34-27-18)26-21(32)25-5-1-2-6-28-7-3-4-13(29)10-28/h8-9,13,29H,1-7,10-11H2,(H,30,31)(H2,25,26,32). The van der Waals surface area contributed by atoms with Gasteiger partial charge in [0, 0.05) is 18.1 Å². The number of urea groups is 1. The highest BCUT2D eigenvalue weighted by molar-refractivity contribution is 7.11. The minimum absolute atomic E-state index is 0.0700. The van der Waals surface area contributed by atoms with Gasteiger partial charge >= 0.3 is 12.0 Å². The first-order chi connectivity index (χ1) is 16.2. The quantitative estimate of drug-likeness (QED) is 0.353. The van der Waals surface area contributed by atoms with Gasteiger partial charge in [-0.1, -0.05) is 11.6 Å². The molecule has 3 rings (SSSR count). The first-order valence-corrected chi connectivity index (χ1v) is 11.8. The summed E-state index contributed by atoms with van der Waals surface area (Å²) in [7, 11) is 0. The van der Waals surface area contributed by atoms with Gasteiger partial charge in [0.1, 0.15) is 23.2 Å². The van der Waals surface area contributed by atoms with Crippen LogP contribution in [0.5, 0.6) is 5.88 Å². The van der Waals surface area contributed by atoms with Gasteiger partial charge in [0.15, 0.2) is 5.56 Å². The molecule has 0 aliphatic carbocycles. The number of likely N-dealkylation sites (tertiary alicyclic amines) is 1. The van der Waals surface area contributed by atoms with Gasteiger partial charge < -0.3 is 25.2 Å². The monoisotopic (exact) mass is 518 g/mol. The Bertz CT molecular complexity index is 1000. The van der Waals surface area contributed by atoms with Crippen LogP contribution in [0.3, 0.4) is 0 Å². The lowest BCUT2D eigenvalue weighted by Gasteiger charge is -2.29. The molecular weight excluding hydrogens is 494 g/mol. The first kappa shape index (κ1) is 26.1. The van der Waals surface area contributed by atoms with Crippen LogP contribution in [-0.2, 0) is 6.61 Å². The number of carboxylic acid groups (broad SMARTS) is 1. The number of unbranched alkanes of at least 4 members (excludes halogenated alkanes) is 1. The Morgan fingerprint density at radius 2 is 2.03 bits per heavy atom. The zero-order valence-corrected chi connectivity index (χ0v) is 19.7. The number of nitrogens with zero attached hydrogens (tertiary/aromatic N) is 2. The summed E-state index contributed by atoms with van der Waals surface area (Å²) < 4.78 is 36.9. The van der Waals surface area contributed by atoms with E-state index >= 15 is 0 Å². The first-order valence-electron chi connectivity index (χ1n) is 10.7. The van der Waals surface area contributed by atoms with Crippen molar-refractivity contribution in [3.05, 3.63) is 39.9 Å². The van der Waals surface area contributed by atoms with Gasteiger partial charge in [-0.25, -0.2) is 18.4 Å². The second kappa shape index (κ2) is 12.2. The van der Waals surface area contributed by atoms with Crippen LogP contribution in [0.2, 0.25) is 5.02 Å². The Labute approximate surface area is 203 Å². The smallest absolute Gasteiger partial charge is 0.344 e. The lowest BCUT2D eigenvalue weighted by molar-refractivity contribution is 0.0690. The molecule has 0 radical (unpaired) electrons. The molecule has 0 saturated carbocycles. The number of amides is 2. The number of β-amino-alcohol motifs (C(OH)–C–C–N with tert-alkyl or cyclic N) is 1. The van der Waals surface area contributed by atoms with Crippen LogP contribution in [0.25, 0.3) is 0 Å². The average Bonchev–Trinajstić information content (AvgIpc) is 3.15. The minimum atomic E-state index is -1.42. The number of carbonyl (C=O) groups excluding carboxylic acids is 1. The summed E-state index contributed by atoms with van der Waals surface area (Å²) in [5, 5.41) is 24.1. The van der Waals surface area contributed by atoms with Crippen molar-refractivity contribution < 1.29 is 33.3 Å². The van der Waals surface area contributed by atoms with E-state index in [0.717, 1.165) is 44.5 Å². The molecule has 186 valence electrons. The molecular formula is C21H25ClF2N4O5S. The van der Waals surface area contributed by atoms with E-state index in [-0.39, 0.29) is 22.0 Å². The zero-order valence-electron chi connectivity index (χ0n) is 18.2. The number of anilines is 1. The Kier molecular flexibility index (Phi) is 9.39. The molecule has 1 fully saturated rings. The third-order valence-corrected chi connectivity index (χ3v) is 6.19. The van der Waals surface area contributed by atoms with E-state index in [0.29, 0.717) is 31.0 Å². The summed E-state index contributed by atoms with van der Waals surface area (Å²) in [6.07, 6.45) is 3.07. The van der Waals surface area contributed by atoms with E-state index in [1.165, 1.54) is 0 Å². The Morgan fingerprint density at radius 1 is 1.29 bits per heavy atom. The number of carboxylic acids is 1. The van der Waals surface area contributed by atoms with Gasteiger partial charge in [-0.2, -0.15) is 4.37 Å². The number of aromatic carboxylic acids is 1. The number of aliphatic hydroxyl groups is 1. The number of nitrogens with one attached hydrogen (secondary N) is 2. The van der Waals surface area contributed by atoms with Crippen LogP contribution in [0.1, 0.15) is 41.6 Å². The van der Waals surface area contributed by atoms with E-state index in [1.807, 2.05) is 0 Å². The van der Waals surface area contributed by atoms with Crippen molar-refractivity contribution in [3.63, 3.8) is 0 Å². The lowest BCUT2D eigenvalue weighted by Crippen LogP contribution is -2.39. The number of piperidine rings is 1. The Morgan fingerprint density at radius 3 is 2.71 bits per heavy atom. The second-order valence-corrected chi connectivity index (χ2v) is 9.03. The molecule has 9 nitrogen and oxygen atoms in total. The molecule has 1 aliphatic heterocycles. The van der Waals surface area contributed by atoms with Crippen molar-refractivity contribution in [2.45, 2.75) is 38.4 Å². The molecule has 0 bridgehead atoms. The Hall–Kier alpha value is -2.54. The molecule has 1 atom stereocenters. The van der Waals surface area contributed by atoms with Crippen molar-refractivity contribution >= 4 is 40.1 Å². The molecule has 4 N–H and O–H groups in total. The highest BCUT2D eigenvalue weighted by Gasteiger charge is 2.24. The minimum Gasteiger partial charge on any atom is -0.477 e. The van der Waals surface area contributed by atoms with E-state index in [4.69, 9.17) is 16.3 Å². The van der Waals surface area contributed by atoms with Gasteiger partial charge in [0.2, 0.25) is 5.88 Å². The highest BCUT2D eigenvalue weighted by Crippen LogP contribution is 2.31. The summed E-state index contributed by atoms with van der Waals surface area (Å²) >= 11 is 6.26. The van der Waals surface area contributed by atoms with Crippen molar-refractivity contribution in [2.24, 2.45) is 0 Å². The topological polar surface area (TPSA) is 124 Å². The molecule has 1 saturated heterocycles. The predicted octanol–water partition coefficient (Wildman–Crippen LogP) is 3.71. The molecule has 1 aromatic carbocycles. The maximum absolute atomic E-state index is 13.9. The van der Waals surface area contributed by atoms with Crippen molar-refractivity contribution in [2.75, 3.05) is 31.5 Å². The third-order valence-electron chi connectivity index (χ3n) is 5.23. The molecule has 2 heterocycles. The van der Waals surface area contributed by atoms with Gasteiger partial charge in [-0.05, 0) is 62.4 Å². The van der Waals surface area contributed by atoms with E-state index in [1.54, 1.807) is 0 Å². The number of hydrogen-bond acceptors (Lipinski definition) is 7. The number of rotatable bonds is 10. The van der Waals surface area contributed by atoms with Gasteiger partial charge in [-0.3, -0.25) is 5.32 Å². The van der Waals surface area contributed by atoms with Crippen LogP contribution in [0.15, 0.2) is 12.1 Å². The molecule has 0 spiro atoms. The number of ether oxygens (including phenoxy) is 1. The summed E-state index contributed by atoms with van der Waals surface area (Å²) in [6, 6.07) is 1.21. The highest BCUT2D eigenvalue weighted by atomic mass is 35.5. The summed E-state index contributed by atoms with van der Waals surface area (Å²) in [5.74, 6) is -3.66. The van der Waals surface area contributed by atoms with Gasteiger partial charge in [0.05, 0.1) is 11.7 Å². The fourth-order valence-corrected chi connectivity index (χ4v) is 4.46. The number of benzene rings is 1. The van der Waals surface area contributed by atoms with Crippen LogP contribution in [-0.4, -0.2) is 63.8 Å². The summed E-state index contributed by atoms with van der Waals surface area (Å²) in [5.41, 5.74) is -0.848. The van der Waals surface area contributed by atoms with Crippen molar-refractivity contribution in [1.29, 1.82) is 0 Å². The van der Waals surface area contributed by atoms with Crippen LogP contribution >= 0.6 is 23.1 Å². The molecule has 1 aliphatic rings. The molecule has 13 heteroatoms. The van der Waals surface area contributed by atoms with Gasteiger partial charge in [0.25, 0.3) is 0 Å². The fraction of sp³-hybridized carbons (Fsp3) is 0.476. The maximum atomic E-state index is 13.9. The van der Waals surface area contributed by atoms with Crippen molar-refractivity contribution in [3.8, 4) is 5.88 Å². The van der Waals surface area contributed by atoms with Crippen LogP contribution < -0.4 is 15.4 Å². The molecule has 1 unspecified atom stereocenters. The van der Waals surface area contributed by atoms with E-state index in [2.05, 4.69) is 19.9 Å². The zero-order chi connectivity index (χ0) is 24.7. The SMILES string of the molecule is O=C(NCCCCN1CCCC(O)C1)Nc1snc(OCc2c(F)cc(Cl)cc2F)c1C(=O)O. The number of aliphatic hydroxyl groups excluding tert-OH is 1. The molecule has 2 aromatic rings. The van der Waals surface area contributed by atoms with Crippen LogP contribution in [0, 0.1) is 11.6 Å². The molecule has 34 heavy (non-hydrogen) atoms. The number of carbonyl (C=O) groups is 2. The predicted molar refractivity (Wildman–Crippen MR) is 123 cm³/mol. The number of halogens is 3. The second-order valence-electron chi connectivity index (χ2n) is 7.82. The van der Waals surface area contributed by atoms with Crippen LogP contribution in [0.4, 0.5) is 18.6 Å². The summed E-state index contributed by atoms with van der Waals surface area (Å²) in [4.78, 5) is 26.0. The normalized spacial score (nSPS) is 16.3. The molecule has 1 aromatic heterocycles. The number of hydrogen-bond donors (Lipinski definition) is 4. The lowest BCUT2D eigenvalue weighted by atomic mass is 10.1. The fourth-order valence-electron chi connectivity index (χ4n) is 3.54. The average molecular weight is 519 g/mol. The largest absolute Gasteiger partial charge is 0.477 e.